The van der Waals surface area contributed by atoms with E-state index in [0.717, 1.165) is 5.56 Å². The lowest BCUT2D eigenvalue weighted by atomic mass is 9.86. The highest BCUT2D eigenvalue weighted by Gasteiger charge is 2.32. The number of hydrogen-bond donors (Lipinski definition) is 3. The van der Waals surface area contributed by atoms with E-state index in [-0.39, 0.29) is 12.3 Å². The third-order valence-corrected chi connectivity index (χ3v) is 2.76. The van der Waals surface area contributed by atoms with E-state index in [1.54, 1.807) is 45.0 Å². The van der Waals surface area contributed by atoms with E-state index in [9.17, 15) is 9.59 Å². The van der Waals surface area contributed by atoms with Crippen LogP contribution < -0.4 is 11.1 Å². The molecule has 1 aromatic carbocycles. The Hall–Kier alpha value is -2.04. The summed E-state index contributed by atoms with van der Waals surface area (Å²) >= 11 is 0. The molecule has 104 valence electrons. The molecule has 0 unspecified atom stereocenters. The molecule has 0 saturated carbocycles. The first kappa shape index (κ1) is 15.0. The Balaban J connectivity index is 2.68. The summed E-state index contributed by atoms with van der Waals surface area (Å²) in [5.41, 5.74) is 6.44. The van der Waals surface area contributed by atoms with Gasteiger partial charge in [0.15, 0.2) is 0 Å². The zero-order valence-electron chi connectivity index (χ0n) is 11.4. The largest absolute Gasteiger partial charge is 0.480 e. The Morgan fingerprint density at radius 1 is 1.26 bits per heavy atom. The van der Waals surface area contributed by atoms with Gasteiger partial charge in [-0.15, -0.1) is 0 Å². The normalized spacial score (nSPS) is 12.8. The van der Waals surface area contributed by atoms with E-state index < -0.39 is 17.4 Å². The monoisotopic (exact) mass is 264 g/mol. The molecule has 1 atom stereocenters. The third kappa shape index (κ3) is 4.62. The van der Waals surface area contributed by atoms with Crippen molar-refractivity contribution in [3.05, 3.63) is 29.8 Å². The second-order valence-corrected chi connectivity index (χ2v) is 5.62. The molecule has 0 aromatic heterocycles. The quantitative estimate of drug-likeness (QED) is 0.717. The number of carbonyl (C=O) groups is 2. The topological polar surface area (TPSA) is 92.4 Å². The van der Waals surface area contributed by atoms with Crippen LogP contribution in [0, 0.1) is 5.41 Å². The number of anilines is 1. The molecule has 19 heavy (non-hydrogen) atoms. The highest BCUT2D eigenvalue weighted by molar-refractivity contribution is 5.85. The van der Waals surface area contributed by atoms with Crippen molar-refractivity contribution in [1.29, 1.82) is 0 Å². The number of carbonyl (C=O) groups excluding carboxylic acids is 1. The molecular formula is C14H20N2O3. The summed E-state index contributed by atoms with van der Waals surface area (Å²) in [5.74, 6) is -1.34. The van der Waals surface area contributed by atoms with Gasteiger partial charge in [-0.05, 0) is 23.1 Å². The van der Waals surface area contributed by atoms with E-state index in [0.29, 0.717) is 5.69 Å². The van der Waals surface area contributed by atoms with Crippen LogP contribution in [0.4, 0.5) is 5.69 Å². The molecule has 0 saturated heterocycles. The number of nitrogen functional groups attached to an aromatic ring is 1. The lowest BCUT2D eigenvalue weighted by molar-refractivity contribution is -0.144. The number of nitrogens with one attached hydrogen (secondary N) is 1. The van der Waals surface area contributed by atoms with Crippen molar-refractivity contribution in [2.75, 3.05) is 5.73 Å². The number of hydrogen-bond acceptors (Lipinski definition) is 3. The van der Waals surface area contributed by atoms with Gasteiger partial charge < -0.3 is 16.2 Å². The maximum Gasteiger partial charge on any atom is 0.326 e. The van der Waals surface area contributed by atoms with Gasteiger partial charge in [-0.2, -0.15) is 0 Å². The minimum atomic E-state index is -1.03. The average Bonchev–Trinajstić information content (AvgIpc) is 2.27. The molecule has 0 spiro atoms. The summed E-state index contributed by atoms with van der Waals surface area (Å²) in [5, 5.41) is 11.7. The molecule has 5 nitrogen and oxygen atoms in total. The van der Waals surface area contributed by atoms with Gasteiger partial charge in [0, 0.05) is 5.69 Å². The number of benzene rings is 1. The van der Waals surface area contributed by atoms with E-state index >= 15 is 0 Å². The van der Waals surface area contributed by atoms with Crippen molar-refractivity contribution in [3.63, 3.8) is 0 Å². The summed E-state index contributed by atoms with van der Waals surface area (Å²) in [4.78, 5) is 23.0. The zero-order chi connectivity index (χ0) is 14.6. The lowest BCUT2D eigenvalue weighted by Crippen LogP contribution is -2.49. The van der Waals surface area contributed by atoms with Gasteiger partial charge in [0.25, 0.3) is 0 Å². The molecule has 0 radical (unpaired) electrons. The first-order valence-corrected chi connectivity index (χ1v) is 6.07. The van der Waals surface area contributed by atoms with Crippen LogP contribution in [-0.4, -0.2) is 23.0 Å². The number of nitrogens with two attached hydrogens (primary N) is 1. The van der Waals surface area contributed by atoms with Crippen LogP contribution >= 0.6 is 0 Å². The fraction of sp³-hybridized carbons (Fsp3) is 0.429. The van der Waals surface area contributed by atoms with Crippen LogP contribution in [0.3, 0.4) is 0 Å². The molecule has 5 heteroatoms. The van der Waals surface area contributed by atoms with Gasteiger partial charge in [0.05, 0.1) is 6.42 Å². The van der Waals surface area contributed by atoms with Crippen molar-refractivity contribution in [2.24, 2.45) is 5.41 Å². The average molecular weight is 264 g/mol. The molecule has 0 heterocycles. The second-order valence-electron chi connectivity index (χ2n) is 5.62. The van der Waals surface area contributed by atoms with Crippen molar-refractivity contribution < 1.29 is 14.7 Å². The number of aliphatic carboxylic acids is 1. The molecule has 4 N–H and O–H groups in total. The van der Waals surface area contributed by atoms with Gasteiger partial charge in [-0.25, -0.2) is 4.79 Å². The van der Waals surface area contributed by atoms with Crippen LogP contribution in [-0.2, 0) is 16.0 Å². The van der Waals surface area contributed by atoms with E-state index in [1.807, 2.05) is 0 Å². The standard InChI is InChI=1S/C14H20N2O3/c1-14(2,3)12(13(18)19)16-11(17)8-9-4-6-10(15)7-5-9/h4-7,12H,8,15H2,1-3H3,(H,16,17)(H,18,19)/t12-/m0/s1. The summed E-state index contributed by atoms with van der Waals surface area (Å²) in [6.45, 7) is 5.32. The molecule has 0 aliphatic carbocycles. The smallest absolute Gasteiger partial charge is 0.326 e. The van der Waals surface area contributed by atoms with E-state index in [2.05, 4.69) is 5.32 Å². The maximum atomic E-state index is 11.9. The molecule has 0 aliphatic rings. The summed E-state index contributed by atoms with van der Waals surface area (Å²) < 4.78 is 0. The molecule has 1 aromatic rings. The van der Waals surface area contributed by atoms with Gasteiger partial charge in [-0.1, -0.05) is 32.9 Å². The molecule has 1 rings (SSSR count). The van der Waals surface area contributed by atoms with Crippen molar-refractivity contribution in [1.82, 2.24) is 5.32 Å². The van der Waals surface area contributed by atoms with Gasteiger partial charge in [-0.3, -0.25) is 4.79 Å². The predicted molar refractivity (Wildman–Crippen MR) is 73.6 cm³/mol. The van der Waals surface area contributed by atoms with Crippen LogP contribution in [0.1, 0.15) is 26.3 Å². The summed E-state index contributed by atoms with van der Waals surface area (Å²) in [7, 11) is 0. The van der Waals surface area contributed by atoms with E-state index in [1.165, 1.54) is 0 Å². The summed E-state index contributed by atoms with van der Waals surface area (Å²) in [6, 6.07) is 6.01. The zero-order valence-corrected chi connectivity index (χ0v) is 11.4. The highest BCUT2D eigenvalue weighted by atomic mass is 16.4. The Morgan fingerprint density at radius 3 is 2.21 bits per heavy atom. The fourth-order valence-electron chi connectivity index (χ4n) is 1.68. The van der Waals surface area contributed by atoms with Crippen LogP contribution in [0.25, 0.3) is 0 Å². The molecule has 1 amide bonds. The Morgan fingerprint density at radius 2 is 1.79 bits per heavy atom. The summed E-state index contributed by atoms with van der Waals surface area (Å²) in [6.07, 6.45) is 0.139. The van der Waals surface area contributed by atoms with Crippen LogP contribution in [0.2, 0.25) is 0 Å². The number of amides is 1. The molecular weight excluding hydrogens is 244 g/mol. The van der Waals surface area contributed by atoms with Crippen molar-refractivity contribution >= 4 is 17.6 Å². The number of carboxylic acids is 1. The Bertz CT molecular complexity index is 461. The number of rotatable bonds is 4. The van der Waals surface area contributed by atoms with Gasteiger partial charge in [0.1, 0.15) is 6.04 Å². The fourth-order valence-corrected chi connectivity index (χ4v) is 1.68. The molecule has 0 fully saturated rings. The van der Waals surface area contributed by atoms with Crippen molar-refractivity contribution in [3.8, 4) is 0 Å². The maximum absolute atomic E-state index is 11.9. The van der Waals surface area contributed by atoms with Crippen LogP contribution in [0.5, 0.6) is 0 Å². The first-order valence-electron chi connectivity index (χ1n) is 6.07. The lowest BCUT2D eigenvalue weighted by Gasteiger charge is -2.27. The number of carboxylic acid groups (broad SMARTS) is 1. The van der Waals surface area contributed by atoms with Crippen molar-refractivity contribution in [2.45, 2.75) is 33.2 Å². The molecule has 0 aliphatic heterocycles. The molecule has 0 bridgehead atoms. The predicted octanol–water partition coefficient (Wildman–Crippen LogP) is 1.43. The SMILES string of the molecule is CC(C)(C)[C@@H](NC(=O)Cc1ccc(N)cc1)C(=O)O. The van der Waals surface area contributed by atoms with Crippen LogP contribution in [0.15, 0.2) is 24.3 Å². The second kappa shape index (κ2) is 5.73. The first-order chi connectivity index (χ1) is 8.70. The van der Waals surface area contributed by atoms with Gasteiger partial charge in [0.2, 0.25) is 5.91 Å². The third-order valence-electron chi connectivity index (χ3n) is 2.76. The Labute approximate surface area is 112 Å². The Kier molecular flexibility index (Phi) is 4.53. The minimum Gasteiger partial charge on any atom is -0.480 e. The highest BCUT2D eigenvalue weighted by Crippen LogP contribution is 2.19. The minimum absolute atomic E-state index is 0.139. The van der Waals surface area contributed by atoms with Gasteiger partial charge >= 0.3 is 5.97 Å². The van der Waals surface area contributed by atoms with E-state index in [4.69, 9.17) is 10.8 Å².